The monoisotopic (exact) mass is 305 g/mol. The van der Waals surface area contributed by atoms with E-state index in [1.807, 2.05) is 30.3 Å². The van der Waals surface area contributed by atoms with E-state index in [1.54, 1.807) is 13.8 Å². The zero-order valence-corrected chi connectivity index (χ0v) is 13.9. The van der Waals surface area contributed by atoms with Crippen LogP contribution in [0, 0.1) is 11.3 Å². The zero-order valence-electron chi connectivity index (χ0n) is 13.9. The van der Waals surface area contributed by atoms with Gasteiger partial charge < -0.3 is 10.4 Å². The molecule has 4 heteroatoms. The van der Waals surface area contributed by atoms with Gasteiger partial charge in [-0.1, -0.05) is 50.6 Å². The number of hydrogen-bond donors (Lipinski definition) is 2. The van der Waals surface area contributed by atoms with Gasteiger partial charge in [0, 0.05) is 6.54 Å². The second-order valence-electron chi connectivity index (χ2n) is 6.50. The maximum atomic E-state index is 12.5. The average molecular weight is 305 g/mol. The van der Waals surface area contributed by atoms with Gasteiger partial charge in [0.1, 0.15) is 0 Å². The summed E-state index contributed by atoms with van der Waals surface area (Å²) in [5, 5.41) is 12.0. The second-order valence-corrected chi connectivity index (χ2v) is 6.50. The summed E-state index contributed by atoms with van der Waals surface area (Å²) in [6.45, 7) is 7.85. The highest BCUT2D eigenvalue weighted by Crippen LogP contribution is 2.27. The summed E-state index contributed by atoms with van der Waals surface area (Å²) in [6.07, 6.45) is 1.32. The van der Waals surface area contributed by atoms with Crippen molar-refractivity contribution >= 4 is 11.9 Å². The second kappa shape index (κ2) is 7.97. The van der Waals surface area contributed by atoms with Gasteiger partial charge in [0.2, 0.25) is 5.91 Å². The maximum absolute atomic E-state index is 12.5. The number of aliphatic carboxylic acids is 1. The van der Waals surface area contributed by atoms with Crippen molar-refractivity contribution in [2.75, 3.05) is 6.54 Å². The molecule has 2 atom stereocenters. The molecule has 0 aliphatic carbocycles. The first-order valence-corrected chi connectivity index (χ1v) is 7.85. The first-order chi connectivity index (χ1) is 10.3. The molecule has 0 saturated heterocycles. The Hall–Kier alpha value is -1.84. The van der Waals surface area contributed by atoms with E-state index in [0.717, 1.165) is 12.0 Å². The van der Waals surface area contributed by atoms with Gasteiger partial charge in [-0.2, -0.15) is 0 Å². The topological polar surface area (TPSA) is 66.4 Å². The predicted octanol–water partition coefficient (Wildman–Crippen LogP) is 3.43. The summed E-state index contributed by atoms with van der Waals surface area (Å²) in [4.78, 5) is 23.6. The molecule has 1 aromatic carbocycles. The van der Waals surface area contributed by atoms with Crippen molar-refractivity contribution in [2.24, 2.45) is 11.3 Å². The highest BCUT2D eigenvalue weighted by molar-refractivity contribution is 5.84. The Balaban J connectivity index is 2.72. The summed E-state index contributed by atoms with van der Waals surface area (Å²) in [5.41, 5.74) is 0.179. The standard InChI is InChI=1S/C18H27NO3/c1-5-13(2)15(14-9-7-6-8-10-14)16(20)19-12-11-18(3,4)17(21)22/h6-10,13,15H,5,11-12H2,1-4H3,(H,19,20)(H,21,22). The van der Waals surface area contributed by atoms with Crippen LogP contribution in [0.2, 0.25) is 0 Å². The molecule has 0 aliphatic heterocycles. The summed E-state index contributed by atoms with van der Waals surface area (Å²) in [7, 11) is 0. The van der Waals surface area contributed by atoms with E-state index in [4.69, 9.17) is 5.11 Å². The zero-order chi connectivity index (χ0) is 16.8. The van der Waals surface area contributed by atoms with Crippen molar-refractivity contribution in [1.82, 2.24) is 5.32 Å². The fraction of sp³-hybridized carbons (Fsp3) is 0.556. The molecule has 22 heavy (non-hydrogen) atoms. The number of nitrogens with one attached hydrogen (secondary N) is 1. The Morgan fingerprint density at radius 1 is 1.23 bits per heavy atom. The molecule has 1 amide bonds. The fourth-order valence-electron chi connectivity index (χ4n) is 2.35. The molecule has 2 unspecified atom stereocenters. The molecule has 0 fully saturated rings. The molecule has 0 radical (unpaired) electrons. The van der Waals surface area contributed by atoms with Gasteiger partial charge in [-0.05, 0) is 31.7 Å². The third-order valence-electron chi connectivity index (χ3n) is 4.28. The van der Waals surface area contributed by atoms with Crippen molar-refractivity contribution in [2.45, 2.75) is 46.5 Å². The first kappa shape index (κ1) is 18.2. The van der Waals surface area contributed by atoms with Gasteiger partial charge in [-0.15, -0.1) is 0 Å². The lowest BCUT2D eigenvalue weighted by Crippen LogP contribution is -2.36. The number of amides is 1. The quantitative estimate of drug-likeness (QED) is 0.773. The van der Waals surface area contributed by atoms with Crippen molar-refractivity contribution in [1.29, 1.82) is 0 Å². The Labute approximate surface area is 132 Å². The minimum Gasteiger partial charge on any atom is -0.481 e. The van der Waals surface area contributed by atoms with Crippen molar-refractivity contribution in [3.05, 3.63) is 35.9 Å². The summed E-state index contributed by atoms with van der Waals surface area (Å²) in [5.74, 6) is -0.834. The van der Waals surface area contributed by atoms with E-state index < -0.39 is 11.4 Å². The minimum atomic E-state index is -0.844. The van der Waals surface area contributed by atoms with E-state index in [-0.39, 0.29) is 17.7 Å². The van der Waals surface area contributed by atoms with Crippen LogP contribution in [0.5, 0.6) is 0 Å². The number of carboxylic acids is 1. The van der Waals surface area contributed by atoms with Gasteiger partial charge in [-0.25, -0.2) is 0 Å². The van der Waals surface area contributed by atoms with Gasteiger partial charge in [0.05, 0.1) is 11.3 Å². The van der Waals surface area contributed by atoms with Crippen LogP contribution in [0.15, 0.2) is 30.3 Å². The number of carbonyl (C=O) groups excluding carboxylic acids is 1. The van der Waals surface area contributed by atoms with Crippen LogP contribution in [0.3, 0.4) is 0 Å². The Kier molecular flexibility index (Phi) is 6.60. The first-order valence-electron chi connectivity index (χ1n) is 7.85. The van der Waals surface area contributed by atoms with Crippen LogP contribution in [0.1, 0.15) is 52.0 Å². The van der Waals surface area contributed by atoms with E-state index in [9.17, 15) is 9.59 Å². The number of hydrogen-bond acceptors (Lipinski definition) is 2. The molecular formula is C18H27NO3. The molecule has 1 rings (SSSR count). The highest BCUT2D eigenvalue weighted by atomic mass is 16.4. The molecule has 0 aliphatic rings. The Morgan fingerprint density at radius 2 is 1.82 bits per heavy atom. The minimum absolute atomic E-state index is 0.0262. The molecule has 4 nitrogen and oxygen atoms in total. The summed E-state index contributed by atoms with van der Waals surface area (Å²) >= 11 is 0. The average Bonchev–Trinajstić information content (AvgIpc) is 2.48. The van der Waals surface area contributed by atoms with Gasteiger partial charge in [0.25, 0.3) is 0 Å². The number of benzene rings is 1. The molecule has 122 valence electrons. The number of carboxylic acid groups (broad SMARTS) is 1. The molecule has 0 saturated carbocycles. The fourth-order valence-corrected chi connectivity index (χ4v) is 2.35. The van der Waals surface area contributed by atoms with Crippen LogP contribution in [-0.2, 0) is 9.59 Å². The van der Waals surface area contributed by atoms with Crippen LogP contribution in [-0.4, -0.2) is 23.5 Å². The van der Waals surface area contributed by atoms with E-state index >= 15 is 0 Å². The van der Waals surface area contributed by atoms with Crippen LogP contribution in [0.25, 0.3) is 0 Å². The molecule has 2 N–H and O–H groups in total. The highest BCUT2D eigenvalue weighted by Gasteiger charge is 2.29. The van der Waals surface area contributed by atoms with Crippen molar-refractivity contribution in [3.8, 4) is 0 Å². The Bertz CT molecular complexity index is 496. The smallest absolute Gasteiger partial charge is 0.309 e. The lowest BCUT2D eigenvalue weighted by molar-refractivity contribution is -0.147. The molecular weight excluding hydrogens is 278 g/mol. The lowest BCUT2D eigenvalue weighted by atomic mass is 9.84. The molecule has 0 aromatic heterocycles. The number of rotatable bonds is 8. The van der Waals surface area contributed by atoms with E-state index in [1.165, 1.54) is 0 Å². The Morgan fingerprint density at radius 3 is 2.32 bits per heavy atom. The van der Waals surface area contributed by atoms with Gasteiger partial charge >= 0.3 is 5.97 Å². The number of carbonyl (C=O) groups is 2. The summed E-state index contributed by atoms with van der Waals surface area (Å²) in [6, 6.07) is 9.75. The van der Waals surface area contributed by atoms with Crippen LogP contribution in [0.4, 0.5) is 0 Å². The van der Waals surface area contributed by atoms with Crippen LogP contribution < -0.4 is 5.32 Å². The van der Waals surface area contributed by atoms with Crippen molar-refractivity contribution in [3.63, 3.8) is 0 Å². The SMILES string of the molecule is CCC(C)C(C(=O)NCCC(C)(C)C(=O)O)c1ccccc1. The van der Waals surface area contributed by atoms with Crippen LogP contribution >= 0.6 is 0 Å². The normalized spacial score (nSPS) is 14.2. The van der Waals surface area contributed by atoms with E-state index in [0.29, 0.717) is 13.0 Å². The lowest BCUT2D eigenvalue weighted by Gasteiger charge is -2.24. The third kappa shape index (κ3) is 4.86. The van der Waals surface area contributed by atoms with Gasteiger partial charge in [0.15, 0.2) is 0 Å². The molecule has 0 bridgehead atoms. The van der Waals surface area contributed by atoms with E-state index in [2.05, 4.69) is 19.2 Å². The van der Waals surface area contributed by atoms with Gasteiger partial charge in [-0.3, -0.25) is 9.59 Å². The largest absolute Gasteiger partial charge is 0.481 e. The molecule has 1 aromatic rings. The van der Waals surface area contributed by atoms with Crippen molar-refractivity contribution < 1.29 is 14.7 Å². The predicted molar refractivity (Wildman–Crippen MR) is 87.7 cm³/mol. The maximum Gasteiger partial charge on any atom is 0.309 e. The summed E-state index contributed by atoms with van der Waals surface area (Å²) < 4.78 is 0. The molecule has 0 heterocycles. The molecule has 0 spiro atoms. The third-order valence-corrected chi connectivity index (χ3v) is 4.28.